The van der Waals surface area contributed by atoms with Gasteiger partial charge in [-0.05, 0) is 42.8 Å². The topological polar surface area (TPSA) is 107 Å². The molecule has 0 bridgehead atoms. The van der Waals surface area contributed by atoms with Crippen molar-refractivity contribution in [2.75, 3.05) is 25.3 Å². The molecule has 0 atom stereocenters. The Hall–Kier alpha value is -3.38. The summed E-state index contributed by atoms with van der Waals surface area (Å²) >= 11 is 5.92. The molecule has 0 radical (unpaired) electrons. The van der Waals surface area contributed by atoms with E-state index in [2.05, 4.69) is 15.3 Å². The normalized spacial score (nSPS) is 11.7. The summed E-state index contributed by atoms with van der Waals surface area (Å²) in [5.74, 6) is -0.632. The van der Waals surface area contributed by atoms with E-state index in [9.17, 15) is 26.4 Å². The van der Waals surface area contributed by atoms with Gasteiger partial charge in [-0.1, -0.05) is 23.7 Å². The lowest BCUT2D eigenvalue weighted by atomic mass is 10.1. The van der Waals surface area contributed by atoms with Crippen LogP contribution in [0.5, 0.6) is 11.5 Å². The summed E-state index contributed by atoms with van der Waals surface area (Å²) in [6.45, 7) is 0. The Balaban J connectivity index is 1.81. The van der Waals surface area contributed by atoms with Crippen LogP contribution in [0.1, 0.15) is 18.5 Å². The number of benzene rings is 2. The Kier molecular flexibility index (Phi) is 8.41. The van der Waals surface area contributed by atoms with Crippen LogP contribution in [0.4, 0.5) is 18.9 Å². The fourth-order valence-electron chi connectivity index (χ4n) is 3.21. The largest absolute Gasteiger partial charge is 0.496 e. The van der Waals surface area contributed by atoms with Gasteiger partial charge in [0.05, 0.1) is 31.4 Å². The number of halogens is 4. The molecule has 3 aromatic rings. The number of methoxy groups -OCH3 is 2. The minimum absolute atomic E-state index is 0.166. The summed E-state index contributed by atoms with van der Waals surface area (Å²) in [7, 11) is -1.64. The van der Waals surface area contributed by atoms with Crippen LogP contribution >= 0.6 is 11.6 Å². The van der Waals surface area contributed by atoms with E-state index in [1.54, 1.807) is 24.3 Å². The van der Waals surface area contributed by atoms with E-state index in [-0.39, 0.29) is 29.8 Å². The van der Waals surface area contributed by atoms with E-state index in [4.69, 9.17) is 21.1 Å². The van der Waals surface area contributed by atoms with Gasteiger partial charge in [0.15, 0.2) is 0 Å². The van der Waals surface area contributed by atoms with Crippen LogP contribution in [0.25, 0.3) is 11.3 Å². The third-order valence-corrected chi connectivity index (χ3v) is 6.71. The number of ether oxygens (including phenoxy) is 2. The fourth-order valence-corrected chi connectivity index (χ4v) is 4.56. The molecular formula is C23H21ClF3N3O5S. The molecule has 0 aliphatic carbocycles. The van der Waals surface area contributed by atoms with Gasteiger partial charge in [0.25, 0.3) is 0 Å². The molecule has 0 unspecified atom stereocenters. The van der Waals surface area contributed by atoms with Crippen LogP contribution in [0.3, 0.4) is 0 Å². The SMILES string of the molecule is COc1ccc(Cl)cc1NC(=O)CCCS(=O)(=O)c1nc(-c2ccccc2OC)cc(C(F)(F)F)n1. The lowest BCUT2D eigenvalue weighted by Gasteiger charge is -2.13. The molecule has 0 saturated carbocycles. The van der Waals surface area contributed by atoms with Gasteiger partial charge in [-0.25, -0.2) is 18.4 Å². The number of amides is 1. The monoisotopic (exact) mass is 543 g/mol. The van der Waals surface area contributed by atoms with Gasteiger partial charge in [-0.15, -0.1) is 0 Å². The Morgan fingerprint density at radius 2 is 1.72 bits per heavy atom. The number of nitrogens with zero attached hydrogens (tertiary/aromatic N) is 2. The number of carbonyl (C=O) groups excluding carboxylic acids is 1. The summed E-state index contributed by atoms with van der Waals surface area (Å²) < 4.78 is 76.5. The number of carbonyl (C=O) groups is 1. The first-order valence-electron chi connectivity index (χ1n) is 10.4. The minimum atomic E-state index is -4.92. The van der Waals surface area contributed by atoms with Crippen molar-refractivity contribution in [3.8, 4) is 22.8 Å². The van der Waals surface area contributed by atoms with Gasteiger partial charge in [0.2, 0.25) is 20.9 Å². The predicted octanol–water partition coefficient (Wildman–Crippen LogP) is 5.03. The molecule has 36 heavy (non-hydrogen) atoms. The number of hydrogen-bond donors (Lipinski definition) is 1. The van der Waals surface area contributed by atoms with Crippen molar-refractivity contribution in [3.63, 3.8) is 0 Å². The van der Waals surface area contributed by atoms with Crippen LogP contribution in [0.15, 0.2) is 53.7 Å². The number of sulfone groups is 1. The molecule has 0 aliphatic rings. The highest BCUT2D eigenvalue weighted by Crippen LogP contribution is 2.34. The molecule has 1 N–H and O–H groups in total. The number of para-hydroxylation sites is 1. The first-order chi connectivity index (χ1) is 16.9. The van der Waals surface area contributed by atoms with Crippen LogP contribution in [-0.2, 0) is 20.8 Å². The summed E-state index contributed by atoms with van der Waals surface area (Å²) in [5, 5.41) is 1.92. The van der Waals surface area contributed by atoms with Crippen molar-refractivity contribution in [1.29, 1.82) is 0 Å². The maximum Gasteiger partial charge on any atom is 0.433 e. The van der Waals surface area contributed by atoms with Gasteiger partial charge in [0.1, 0.15) is 17.2 Å². The van der Waals surface area contributed by atoms with Crippen LogP contribution in [0, 0.1) is 0 Å². The molecule has 192 valence electrons. The van der Waals surface area contributed by atoms with E-state index in [0.717, 1.165) is 0 Å². The quantitative estimate of drug-likeness (QED) is 0.377. The third-order valence-electron chi connectivity index (χ3n) is 4.91. The molecule has 0 saturated heterocycles. The highest BCUT2D eigenvalue weighted by atomic mass is 35.5. The van der Waals surface area contributed by atoms with Gasteiger partial charge in [-0.3, -0.25) is 4.79 Å². The maximum atomic E-state index is 13.5. The number of rotatable bonds is 9. The van der Waals surface area contributed by atoms with Crippen molar-refractivity contribution in [1.82, 2.24) is 9.97 Å². The Morgan fingerprint density at radius 1 is 1.03 bits per heavy atom. The second kappa shape index (κ2) is 11.1. The van der Waals surface area contributed by atoms with Gasteiger partial charge >= 0.3 is 6.18 Å². The highest BCUT2D eigenvalue weighted by molar-refractivity contribution is 7.91. The first-order valence-corrected chi connectivity index (χ1v) is 12.4. The molecule has 0 spiro atoms. The lowest BCUT2D eigenvalue weighted by molar-refractivity contribution is -0.141. The van der Waals surface area contributed by atoms with Crippen molar-refractivity contribution >= 4 is 33.0 Å². The highest BCUT2D eigenvalue weighted by Gasteiger charge is 2.35. The van der Waals surface area contributed by atoms with Crippen molar-refractivity contribution in [2.24, 2.45) is 0 Å². The Morgan fingerprint density at radius 3 is 2.39 bits per heavy atom. The smallest absolute Gasteiger partial charge is 0.433 e. The molecule has 0 fully saturated rings. The van der Waals surface area contributed by atoms with E-state index < -0.39 is 38.5 Å². The third kappa shape index (κ3) is 6.64. The zero-order valence-corrected chi connectivity index (χ0v) is 20.7. The van der Waals surface area contributed by atoms with Crippen LogP contribution in [-0.4, -0.2) is 44.3 Å². The fraction of sp³-hybridized carbons (Fsp3) is 0.261. The second-order valence-corrected chi connectivity index (χ2v) is 9.87. The van der Waals surface area contributed by atoms with E-state index in [0.29, 0.717) is 22.5 Å². The standard InChI is InChI=1S/C23H21ClF3N3O5S/c1-34-18-7-4-3-6-15(18)16-13-20(23(25,26)27)30-22(29-16)36(32,33)11-5-8-21(31)28-17-12-14(24)9-10-19(17)35-2/h3-4,6-7,9-10,12-13H,5,8,11H2,1-2H3,(H,28,31). The average molecular weight is 544 g/mol. The second-order valence-electron chi connectivity index (χ2n) is 7.43. The molecule has 1 aromatic heterocycles. The molecule has 8 nitrogen and oxygen atoms in total. The van der Waals surface area contributed by atoms with E-state index >= 15 is 0 Å². The van der Waals surface area contributed by atoms with Crippen molar-refractivity contribution < 1.29 is 35.9 Å². The molecule has 1 amide bonds. The summed E-state index contributed by atoms with van der Waals surface area (Å²) in [5.41, 5.74) is -1.22. The molecule has 0 aliphatic heterocycles. The average Bonchev–Trinajstić information content (AvgIpc) is 2.83. The maximum absolute atomic E-state index is 13.5. The van der Waals surface area contributed by atoms with Crippen molar-refractivity contribution in [3.05, 3.63) is 59.2 Å². The summed E-state index contributed by atoms with van der Waals surface area (Å²) in [6, 6.07) is 11.3. The zero-order chi connectivity index (χ0) is 26.5. The molecule has 13 heteroatoms. The Labute approximate surface area is 210 Å². The van der Waals surface area contributed by atoms with E-state index in [1.165, 1.54) is 32.4 Å². The summed E-state index contributed by atoms with van der Waals surface area (Å²) in [6.07, 6.45) is -5.35. The number of aromatic nitrogens is 2. The first kappa shape index (κ1) is 27.2. The van der Waals surface area contributed by atoms with Crippen molar-refractivity contribution in [2.45, 2.75) is 24.2 Å². The Bertz CT molecular complexity index is 1370. The van der Waals surface area contributed by atoms with Crippen LogP contribution < -0.4 is 14.8 Å². The van der Waals surface area contributed by atoms with Gasteiger partial charge in [-0.2, -0.15) is 13.2 Å². The zero-order valence-electron chi connectivity index (χ0n) is 19.1. The molecular weight excluding hydrogens is 523 g/mol. The van der Waals surface area contributed by atoms with Gasteiger partial charge < -0.3 is 14.8 Å². The van der Waals surface area contributed by atoms with Gasteiger partial charge in [0, 0.05) is 17.0 Å². The molecule has 2 aromatic carbocycles. The summed E-state index contributed by atoms with van der Waals surface area (Å²) in [4.78, 5) is 19.5. The number of anilines is 1. The molecule has 3 rings (SSSR count). The number of hydrogen-bond acceptors (Lipinski definition) is 7. The van der Waals surface area contributed by atoms with E-state index in [1.807, 2.05) is 0 Å². The number of nitrogens with one attached hydrogen (secondary N) is 1. The predicted molar refractivity (Wildman–Crippen MR) is 127 cm³/mol. The number of alkyl halides is 3. The van der Waals surface area contributed by atoms with Crippen LogP contribution in [0.2, 0.25) is 5.02 Å². The minimum Gasteiger partial charge on any atom is -0.496 e. The molecule has 1 heterocycles. The lowest BCUT2D eigenvalue weighted by Crippen LogP contribution is -2.18.